The lowest BCUT2D eigenvalue weighted by atomic mass is 9.94. The molecular weight excluding hydrogens is 487 g/mol. The number of carbonyl (C=O) groups is 2. The van der Waals surface area contributed by atoms with Gasteiger partial charge >= 0.3 is 11.7 Å². The van der Waals surface area contributed by atoms with Crippen LogP contribution < -0.4 is 14.2 Å². The molecule has 3 aromatic rings. The summed E-state index contributed by atoms with van der Waals surface area (Å²) in [6, 6.07) is 12.9. The van der Waals surface area contributed by atoms with Crippen molar-refractivity contribution in [2.45, 2.75) is 18.9 Å². The van der Waals surface area contributed by atoms with Gasteiger partial charge in [-0.2, -0.15) is 4.39 Å². The van der Waals surface area contributed by atoms with Crippen LogP contribution in [0.4, 0.5) is 10.1 Å². The van der Waals surface area contributed by atoms with Gasteiger partial charge in [0, 0.05) is 12.1 Å². The highest BCUT2D eigenvalue weighted by atomic mass is 19.1. The quantitative estimate of drug-likeness (QED) is 0.259. The molecule has 0 spiro atoms. The molecule has 0 saturated heterocycles. The van der Waals surface area contributed by atoms with E-state index in [1.165, 1.54) is 25.3 Å². The standard InChI is InChI=1S/C26H21FN2O8/c1-34-24(30)13-20(16-5-8-21-23(12-16)36-14-35-21)28-10-9-15-11-17(6-7-18(15)26(28)31)37-22-4-2-3-19(27)25(22)29(32)33/h2-8,11-12,20H,9-10,13-14H2,1H3. The van der Waals surface area contributed by atoms with Crippen LogP contribution in [0.25, 0.3) is 0 Å². The average molecular weight is 508 g/mol. The lowest BCUT2D eigenvalue weighted by Gasteiger charge is -2.35. The number of para-hydroxylation sites is 1. The number of nitrogens with zero attached hydrogens (tertiary/aromatic N) is 2. The van der Waals surface area contributed by atoms with Crippen molar-refractivity contribution in [2.75, 3.05) is 20.4 Å². The lowest BCUT2D eigenvalue weighted by molar-refractivity contribution is -0.388. The number of fused-ring (bicyclic) bond motifs is 2. The van der Waals surface area contributed by atoms with Crippen molar-refractivity contribution in [1.82, 2.24) is 4.90 Å². The second kappa shape index (κ2) is 9.76. The van der Waals surface area contributed by atoms with Crippen molar-refractivity contribution in [3.63, 3.8) is 0 Å². The molecule has 11 heteroatoms. The first-order valence-electron chi connectivity index (χ1n) is 11.4. The van der Waals surface area contributed by atoms with Crippen LogP contribution in [0.15, 0.2) is 54.6 Å². The fraction of sp³-hybridized carbons (Fsp3) is 0.231. The molecule has 10 nitrogen and oxygen atoms in total. The molecule has 5 rings (SSSR count). The number of amides is 1. The number of benzene rings is 3. The van der Waals surface area contributed by atoms with Gasteiger partial charge in [0.15, 0.2) is 11.5 Å². The van der Waals surface area contributed by atoms with E-state index in [1.54, 1.807) is 35.2 Å². The highest BCUT2D eigenvalue weighted by Crippen LogP contribution is 2.39. The Bertz CT molecular complexity index is 1410. The third-order valence-electron chi connectivity index (χ3n) is 6.30. The van der Waals surface area contributed by atoms with Gasteiger partial charge in [-0.1, -0.05) is 12.1 Å². The Balaban J connectivity index is 1.43. The molecule has 0 N–H and O–H groups in total. The number of carbonyl (C=O) groups excluding carboxylic acids is 2. The molecule has 2 aliphatic heterocycles. The number of methoxy groups -OCH3 is 1. The zero-order chi connectivity index (χ0) is 26.1. The fourth-order valence-corrected chi connectivity index (χ4v) is 4.50. The van der Waals surface area contributed by atoms with Gasteiger partial charge in [0.1, 0.15) is 5.75 Å². The maximum absolute atomic E-state index is 14.0. The molecule has 0 radical (unpaired) electrons. The van der Waals surface area contributed by atoms with Gasteiger partial charge < -0.3 is 23.8 Å². The van der Waals surface area contributed by atoms with Crippen LogP contribution in [0.1, 0.15) is 33.9 Å². The summed E-state index contributed by atoms with van der Waals surface area (Å²) < 4.78 is 35.3. The SMILES string of the molecule is COC(=O)CC(c1ccc2c(c1)OCO2)N1CCc2cc(Oc3cccc(F)c3[N+](=O)[O-])ccc2C1=O. The molecule has 37 heavy (non-hydrogen) atoms. The topological polar surface area (TPSA) is 117 Å². The summed E-state index contributed by atoms with van der Waals surface area (Å²) in [4.78, 5) is 37.8. The minimum absolute atomic E-state index is 0.0539. The third-order valence-corrected chi connectivity index (χ3v) is 6.30. The van der Waals surface area contributed by atoms with Crippen LogP contribution in [0.2, 0.25) is 0 Å². The number of hydrogen-bond acceptors (Lipinski definition) is 8. The highest BCUT2D eigenvalue weighted by molar-refractivity contribution is 5.97. The van der Waals surface area contributed by atoms with Crippen molar-refractivity contribution in [1.29, 1.82) is 0 Å². The van der Waals surface area contributed by atoms with E-state index in [9.17, 15) is 24.1 Å². The zero-order valence-corrected chi connectivity index (χ0v) is 19.6. The largest absolute Gasteiger partial charge is 0.469 e. The highest BCUT2D eigenvalue weighted by Gasteiger charge is 2.34. The minimum atomic E-state index is -1.01. The van der Waals surface area contributed by atoms with Crippen LogP contribution >= 0.6 is 0 Å². The van der Waals surface area contributed by atoms with Crippen molar-refractivity contribution in [3.05, 3.63) is 87.2 Å². The van der Waals surface area contributed by atoms with Gasteiger partial charge in [0.05, 0.1) is 24.5 Å². The summed E-state index contributed by atoms with van der Waals surface area (Å²) in [6.07, 6.45) is 0.382. The molecule has 3 aromatic carbocycles. The summed E-state index contributed by atoms with van der Waals surface area (Å²) in [5, 5.41) is 11.3. The second-order valence-electron chi connectivity index (χ2n) is 8.42. The van der Waals surface area contributed by atoms with E-state index in [1.807, 2.05) is 0 Å². The Labute approximate surface area is 210 Å². The Kier molecular flexibility index (Phi) is 6.34. The van der Waals surface area contributed by atoms with Gasteiger partial charge in [-0.25, -0.2) is 0 Å². The van der Waals surface area contributed by atoms with E-state index in [2.05, 4.69) is 0 Å². The molecule has 1 atom stereocenters. The number of nitro groups is 1. The molecule has 2 aliphatic rings. The molecule has 1 unspecified atom stereocenters. The molecule has 0 aromatic heterocycles. The van der Waals surface area contributed by atoms with Crippen molar-refractivity contribution in [2.24, 2.45) is 0 Å². The number of hydrogen-bond donors (Lipinski definition) is 0. The van der Waals surface area contributed by atoms with Gasteiger partial charge in [0.2, 0.25) is 18.4 Å². The van der Waals surface area contributed by atoms with Crippen molar-refractivity contribution < 1.29 is 37.9 Å². The predicted octanol–water partition coefficient (Wildman–Crippen LogP) is 4.56. The third kappa shape index (κ3) is 4.63. The van der Waals surface area contributed by atoms with Crippen molar-refractivity contribution >= 4 is 17.6 Å². The number of halogens is 1. The summed E-state index contributed by atoms with van der Waals surface area (Å²) in [5.74, 6) is -0.665. The zero-order valence-electron chi connectivity index (χ0n) is 19.6. The fourth-order valence-electron chi connectivity index (χ4n) is 4.50. The average Bonchev–Trinajstić information content (AvgIpc) is 3.35. The van der Waals surface area contributed by atoms with Crippen LogP contribution in [-0.2, 0) is 16.0 Å². The Morgan fingerprint density at radius 1 is 1.16 bits per heavy atom. The first-order valence-corrected chi connectivity index (χ1v) is 11.4. The molecule has 0 saturated carbocycles. The Morgan fingerprint density at radius 2 is 1.97 bits per heavy atom. The molecule has 1 amide bonds. The smallest absolute Gasteiger partial charge is 0.346 e. The Morgan fingerprint density at radius 3 is 2.76 bits per heavy atom. The molecular formula is C26H21FN2O8. The maximum atomic E-state index is 14.0. The van der Waals surface area contributed by atoms with Gasteiger partial charge in [-0.15, -0.1) is 0 Å². The second-order valence-corrected chi connectivity index (χ2v) is 8.42. The summed E-state index contributed by atoms with van der Waals surface area (Å²) >= 11 is 0. The van der Waals surface area contributed by atoms with Crippen LogP contribution in [-0.4, -0.2) is 42.1 Å². The Hall–Kier alpha value is -4.67. The molecule has 2 heterocycles. The monoisotopic (exact) mass is 508 g/mol. The van der Waals surface area contributed by atoms with Crippen LogP contribution in [0, 0.1) is 15.9 Å². The lowest BCUT2D eigenvalue weighted by Crippen LogP contribution is -2.41. The van der Waals surface area contributed by atoms with Crippen LogP contribution in [0.3, 0.4) is 0 Å². The van der Waals surface area contributed by atoms with Gasteiger partial charge in [0.25, 0.3) is 5.91 Å². The number of ether oxygens (including phenoxy) is 4. The molecule has 0 aliphatic carbocycles. The van der Waals surface area contributed by atoms with E-state index in [0.29, 0.717) is 41.2 Å². The predicted molar refractivity (Wildman–Crippen MR) is 126 cm³/mol. The van der Waals surface area contributed by atoms with Crippen molar-refractivity contribution in [3.8, 4) is 23.0 Å². The first kappa shape index (κ1) is 24.0. The molecule has 0 fully saturated rings. The van der Waals surface area contributed by atoms with E-state index in [0.717, 1.165) is 6.07 Å². The first-order chi connectivity index (χ1) is 17.9. The van der Waals surface area contributed by atoms with E-state index < -0.39 is 28.4 Å². The van der Waals surface area contributed by atoms with E-state index in [4.69, 9.17) is 18.9 Å². The maximum Gasteiger partial charge on any atom is 0.346 e. The summed E-state index contributed by atoms with van der Waals surface area (Å²) in [7, 11) is 1.29. The summed E-state index contributed by atoms with van der Waals surface area (Å²) in [6.45, 7) is 0.394. The minimum Gasteiger partial charge on any atom is -0.469 e. The number of esters is 1. The van der Waals surface area contributed by atoms with Gasteiger partial charge in [-0.3, -0.25) is 19.7 Å². The van der Waals surface area contributed by atoms with Gasteiger partial charge in [-0.05, 0) is 60.0 Å². The normalized spacial score (nSPS) is 14.6. The number of rotatable bonds is 7. The molecule has 190 valence electrons. The van der Waals surface area contributed by atoms with E-state index in [-0.39, 0.29) is 30.6 Å². The number of nitro benzene ring substituents is 1. The van der Waals surface area contributed by atoms with E-state index >= 15 is 0 Å². The van der Waals surface area contributed by atoms with Crippen LogP contribution in [0.5, 0.6) is 23.0 Å². The summed E-state index contributed by atoms with van der Waals surface area (Å²) in [5.41, 5.74) is 1.00. The molecule has 0 bridgehead atoms.